The summed E-state index contributed by atoms with van der Waals surface area (Å²) >= 11 is 0. The largest absolute Gasteiger partial charge is 0.341 e. The summed E-state index contributed by atoms with van der Waals surface area (Å²) in [5.41, 5.74) is 7.64. The molecule has 0 bridgehead atoms. The number of hydrogen-bond donors (Lipinski definition) is 1. The molecule has 4 rings (SSSR count). The van der Waals surface area contributed by atoms with Crippen molar-refractivity contribution < 1.29 is 4.79 Å². The number of fused-ring (bicyclic) bond motifs is 2. The van der Waals surface area contributed by atoms with Crippen LogP contribution in [0.15, 0.2) is 53.3 Å². The molecule has 0 saturated carbocycles. The van der Waals surface area contributed by atoms with Crippen molar-refractivity contribution in [2.45, 2.75) is 32.4 Å². The van der Waals surface area contributed by atoms with Gasteiger partial charge < -0.3 is 15.2 Å². The third kappa shape index (κ3) is 3.23. The highest BCUT2D eigenvalue weighted by atomic mass is 16.2. The predicted octanol–water partition coefficient (Wildman–Crippen LogP) is 2.74. The lowest BCUT2D eigenvalue weighted by molar-refractivity contribution is -0.133. The molecule has 2 N–H and O–H groups in total. The fraction of sp³-hybridized carbons (Fsp3) is 0.364. The van der Waals surface area contributed by atoms with Gasteiger partial charge in [-0.3, -0.25) is 9.59 Å². The fourth-order valence-corrected chi connectivity index (χ4v) is 4.16. The summed E-state index contributed by atoms with van der Waals surface area (Å²) in [6.07, 6.45) is 1.91. The van der Waals surface area contributed by atoms with Crippen molar-refractivity contribution in [1.29, 1.82) is 0 Å². The molecule has 1 amide bonds. The number of carbonyl (C=O) groups excluding carboxylic acids is 1. The molecule has 1 unspecified atom stereocenters. The van der Waals surface area contributed by atoms with Crippen LogP contribution in [0.2, 0.25) is 0 Å². The minimum Gasteiger partial charge on any atom is -0.341 e. The molecule has 1 fully saturated rings. The Kier molecular flexibility index (Phi) is 4.70. The second-order valence-corrected chi connectivity index (χ2v) is 7.53. The number of hydrogen-bond acceptors (Lipinski definition) is 3. The maximum atomic E-state index is 13.0. The molecule has 2 aromatic carbocycles. The summed E-state index contributed by atoms with van der Waals surface area (Å²) < 4.78 is 1.98. The summed E-state index contributed by atoms with van der Waals surface area (Å²) in [5, 5.41) is 1.30. The minimum atomic E-state index is 0.0163. The van der Waals surface area contributed by atoms with Gasteiger partial charge in [-0.25, -0.2) is 0 Å². The van der Waals surface area contributed by atoms with Crippen LogP contribution >= 0.6 is 0 Å². The van der Waals surface area contributed by atoms with Gasteiger partial charge >= 0.3 is 0 Å². The number of benzene rings is 2. The van der Waals surface area contributed by atoms with Crippen molar-refractivity contribution >= 4 is 27.7 Å². The maximum absolute atomic E-state index is 13.0. The maximum Gasteiger partial charge on any atom is 0.242 e. The van der Waals surface area contributed by atoms with E-state index in [1.54, 1.807) is 0 Å². The molecule has 27 heavy (non-hydrogen) atoms. The number of nitrogens with two attached hydrogens (primary N) is 1. The van der Waals surface area contributed by atoms with Gasteiger partial charge in [-0.2, -0.15) is 0 Å². The molecule has 0 aliphatic carbocycles. The third-order valence-corrected chi connectivity index (χ3v) is 5.81. The molecule has 2 heterocycles. The van der Waals surface area contributed by atoms with Crippen molar-refractivity contribution in [3.05, 3.63) is 58.8 Å². The number of nitrogens with zero attached hydrogens (tertiary/aromatic N) is 2. The Balaban J connectivity index is 1.70. The first-order valence-corrected chi connectivity index (χ1v) is 9.60. The zero-order valence-corrected chi connectivity index (χ0v) is 15.6. The summed E-state index contributed by atoms with van der Waals surface area (Å²) in [7, 11) is 0. The highest BCUT2D eigenvalue weighted by Crippen LogP contribution is 2.22. The molecule has 1 aliphatic heterocycles. The number of carbonyl (C=O) groups is 1. The van der Waals surface area contributed by atoms with Crippen LogP contribution in [0, 0.1) is 5.92 Å². The van der Waals surface area contributed by atoms with Crippen LogP contribution in [-0.4, -0.2) is 34.5 Å². The van der Waals surface area contributed by atoms with E-state index < -0.39 is 0 Å². The van der Waals surface area contributed by atoms with Crippen LogP contribution in [0.25, 0.3) is 21.8 Å². The summed E-state index contributed by atoms with van der Waals surface area (Å²) in [6, 6.07) is 15.2. The van der Waals surface area contributed by atoms with E-state index >= 15 is 0 Å². The molecule has 140 valence electrons. The second-order valence-electron chi connectivity index (χ2n) is 7.53. The first kappa shape index (κ1) is 17.7. The van der Waals surface area contributed by atoms with E-state index in [4.69, 9.17) is 5.73 Å². The third-order valence-electron chi connectivity index (χ3n) is 5.81. The highest BCUT2D eigenvalue weighted by Gasteiger charge is 2.25. The average Bonchev–Trinajstić information content (AvgIpc) is 2.71. The molecular formula is C22H25N3O2. The van der Waals surface area contributed by atoms with E-state index in [1.165, 1.54) is 0 Å². The van der Waals surface area contributed by atoms with Crippen LogP contribution < -0.4 is 11.2 Å². The van der Waals surface area contributed by atoms with Crippen molar-refractivity contribution in [3.63, 3.8) is 0 Å². The van der Waals surface area contributed by atoms with Gasteiger partial charge in [-0.1, -0.05) is 24.3 Å². The van der Waals surface area contributed by atoms with Crippen LogP contribution in [0.5, 0.6) is 0 Å². The smallest absolute Gasteiger partial charge is 0.242 e. The van der Waals surface area contributed by atoms with E-state index in [0.717, 1.165) is 37.0 Å². The Bertz CT molecular complexity index is 986. The summed E-state index contributed by atoms with van der Waals surface area (Å²) in [5.74, 6) is 0.584. The van der Waals surface area contributed by atoms with Gasteiger partial charge in [0.05, 0.1) is 11.0 Å². The lowest BCUT2D eigenvalue weighted by Crippen LogP contribution is -2.43. The number of pyridine rings is 1. The Morgan fingerprint density at radius 3 is 2.07 bits per heavy atom. The molecule has 1 aliphatic rings. The molecule has 1 atom stereocenters. The van der Waals surface area contributed by atoms with Crippen molar-refractivity contribution in [2.75, 3.05) is 13.1 Å². The monoisotopic (exact) mass is 363 g/mol. The van der Waals surface area contributed by atoms with Gasteiger partial charge in [0.15, 0.2) is 5.43 Å². The first-order chi connectivity index (χ1) is 13.1. The molecule has 1 aromatic heterocycles. The van der Waals surface area contributed by atoms with Crippen molar-refractivity contribution in [2.24, 2.45) is 11.7 Å². The lowest BCUT2D eigenvalue weighted by atomic mass is 9.91. The summed E-state index contributed by atoms with van der Waals surface area (Å²) in [6.45, 7) is 3.78. The molecule has 1 saturated heterocycles. The zero-order chi connectivity index (χ0) is 19.0. The Labute approximate surface area is 158 Å². The average molecular weight is 363 g/mol. The van der Waals surface area contributed by atoms with Crippen molar-refractivity contribution in [3.8, 4) is 0 Å². The molecule has 0 radical (unpaired) electrons. The van der Waals surface area contributed by atoms with E-state index in [9.17, 15) is 9.59 Å². The zero-order valence-electron chi connectivity index (χ0n) is 15.6. The molecule has 5 nitrogen and oxygen atoms in total. The van der Waals surface area contributed by atoms with Crippen LogP contribution in [0.3, 0.4) is 0 Å². The number of piperidine rings is 1. The van der Waals surface area contributed by atoms with E-state index in [2.05, 4.69) is 0 Å². The SMILES string of the molecule is CC(N)C1CCN(C(=O)Cn2c3ccccc3c(=O)c3ccccc32)CC1. The van der Waals surface area contributed by atoms with Gasteiger partial charge in [-0.15, -0.1) is 0 Å². The minimum absolute atomic E-state index is 0.0163. The highest BCUT2D eigenvalue weighted by molar-refractivity contribution is 5.94. The van der Waals surface area contributed by atoms with E-state index in [0.29, 0.717) is 16.7 Å². The van der Waals surface area contributed by atoms with Crippen LogP contribution in [0.1, 0.15) is 19.8 Å². The van der Waals surface area contributed by atoms with Crippen LogP contribution in [0.4, 0.5) is 0 Å². The second kappa shape index (κ2) is 7.16. The normalized spacial score (nSPS) is 16.7. The standard InChI is InChI=1S/C22H25N3O2/c1-15(23)16-10-12-24(13-11-16)21(26)14-25-19-8-4-2-6-17(19)22(27)18-7-3-5-9-20(18)25/h2-9,15-16H,10-14,23H2,1H3. The Morgan fingerprint density at radius 2 is 1.56 bits per heavy atom. The number of likely N-dealkylation sites (tertiary alicyclic amines) is 1. The predicted molar refractivity (Wildman–Crippen MR) is 109 cm³/mol. The molecular weight excluding hydrogens is 338 g/mol. The van der Waals surface area contributed by atoms with E-state index in [-0.39, 0.29) is 23.9 Å². The Hall–Kier alpha value is -2.66. The topological polar surface area (TPSA) is 68.3 Å². The molecule has 3 aromatic rings. The van der Waals surface area contributed by atoms with Crippen LogP contribution in [-0.2, 0) is 11.3 Å². The summed E-state index contributed by atoms with van der Waals surface area (Å²) in [4.78, 5) is 27.8. The number of aromatic nitrogens is 1. The quantitative estimate of drug-likeness (QED) is 0.728. The van der Waals surface area contributed by atoms with Gasteiger partial charge in [0.2, 0.25) is 5.91 Å². The van der Waals surface area contributed by atoms with E-state index in [1.807, 2.05) is 64.9 Å². The van der Waals surface area contributed by atoms with Gasteiger partial charge in [0, 0.05) is 29.9 Å². The number of para-hydroxylation sites is 2. The number of rotatable bonds is 3. The number of amides is 1. The molecule has 0 spiro atoms. The van der Waals surface area contributed by atoms with Gasteiger partial charge in [-0.05, 0) is 49.9 Å². The van der Waals surface area contributed by atoms with Gasteiger partial charge in [0.1, 0.15) is 6.54 Å². The first-order valence-electron chi connectivity index (χ1n) is 9.60. The fourth-order valence-electron chi connectivity index (χ4n) is 4.16. The van der Waals surface area contributed by atoms with Crippen molar-refractivity contribution in [1.82, 2.24) is 9.47 Å². The van der Waals surface area contributed by atoms with Gasteiger partial charge in [0.25, 0.3) is 0 Å². The molecule has 5 heteroatoms. The Morgan fingerprint density at radius 1 is 1.04 bits per heavy atom. The lowest BCUT2D eigenvalue weighted by Gasteiger charge is -2.34.